The van der Waals surface area contributed by atoms with E-state index in [0.29, 0.717) is 32.5 Å². The molecule has 6 nitrogen and oxygen atoms in total. The minimum absolute atomic E-state index is 0. The smallest absolute Gasteiger partial charge is 0.239 e. The van der Waals surface area contributed by atoms with E-state index < -0.39 is 6.04 Å². The third kappa shape index (κ3) is 5.39. The number of likely N-dealkylation sites (tertiary alicyclic amines) is 1. The van der Waals surface area contributed by atoms with Crippen molar-refractivity contribution in [3.05, 3.63) is 29.8 Å². The molecule has 0 unspecified atom stereocenters. The summed E-state index contributed by atoms with van der Waals surface area (Å²) in [5, 5.41) is 2.97. The van der Waals surface area contributed by atoms with E-state index >= 15 is 0 Å². The van der Waals surface area contributed by atoms with Gasteiger partial charge in [-0.2, -0.15) is 0 Å². The van der Waals surface area contributed by atoms with Gasteiger partial charge in [-0.05, 0) is 37.5 Å². The number of hydrogen-bond acceptors (Lipinski definition) is 4. The number of carbonyl (C=O) groups excluding carboxylic acids is 2. The van der Waals surface area contributed by atoms with E-state index in [4.69, 9.17) is 10.5 Å². The largest absolute Gasteiger partial charge is 0.497 e. The lowest BCUT2D eigenvalue weighted by atomic mass is 9.95. The number of rotatable bonds is 5. The molecule has 1 atom stereocenters. The first-order chi connectivity index (χ1) is 11.0. The summed E-state index contributed by atoms with van der Waals surface area (Å²) in [4.78, 5) is 25.8. The number of ether oxygens (including phenoxy) is 1. The van der Waals surface area contributed by atoms with Crippen molar-refractivity contribution < 1.29 is 14.3 Å². The molecule has 1 fully saturated rings. The fraction of sp³-hybridized carbons (Fsp3) is 0.529. The van der Waals surface area contributed by atoms with Gasteiger partial charge in [-0.1, -0.05) is 12.1 Å². The Morgan fingerprint density at radius 2 is 1.88 bits per heavy atom. The summed E-state index contributed by atoms with van der Waals surface area (Å²) < 4.78 is 5.11. The molecule has 1 aromatic carbocycles. The molecule has 0 aromatic heterocycles. The first-order valence-electron chi connectivity index (χ1n) is 7.96. The van der Waals surface area contributed by atoms with Crippen LogP contribution in [-0.2, 0) is 16.1 Å². The molecular weight excluding hydrogens is 330 g/mol. The molecular formula is C17H26ClN3O3. The van der Waals surface area contributed by atoms with E-state index in [1.807, 2.05) is 24.3 Å². The van der Waals surface area contributed by atoms with E-state index in [2.05, 4.69) is 5.32 Å². The second-order valence-electron chi connectivity index (χ2n) is 5.95. The molecule has 1 heterocycles. The predicted molar refractivity (Wildman–Crippen MR) is 95.0 cm³/mol. The van der Waals surface area contributed by atoms with Crippen molar-refractivity contribution in [3.8, 4) is 5.75 Å². The summed E-state index contributed by atoms with van der Waals surface area (Å²) in [7, 11) is 1.62. The van der Waals surface area contributed by atoms with Gasteiger partial charge in [-0.15, -0.1) is 12.4 Å². The molecule has 2 amide bonds. The summed E-state index contributed by atoms with van der Waals surface area (Å²) in [6.07, 6.45) is 1.37. The highest BCUT2D eigenvalue weighted by molar-refractivity contribution is 5.85. The molecule has 0 spiro atoms. The Morgan fingerprint density at radius 1 is 1.29 bits per heavy atom. The topological polar surface area (TPSA) is 84.7 Å². The number of nitrogens with two attached hydrogens (primary N) is 1. The second kappa shape index (κ2) is 9.49. The number of nitrogens with one attached hydrogen (secondary N) is 1. The zero-order valence-corrected chi connectivity index (χ0v) is 15.0. The Hall–Kier alpha value is -1.79. The summed E-state index contributed by atoms with van der Waals surface area (Å²) in [5.74, 6) is 0.771. The Balaban J connectivity index is 0.00000288. The van der Waals surface area contributed by atoms with Crippen LogP contribution in [0.5, 0.6) is 5.75 Å². The molecule has 134 valence electrons. The summed E-state index contributed by atoms with van der Waals surface area (Å²) in [5.41, 5.74) is 6.65. The maximum atomic E-state index is 12.2. The van der Waals surface area contributed by atoms with Gasteiger partial charge in [0.2, 0.25) is 11.8 Å². The van der Waals surface area contributed by atoms with Crippen molar-refractivity contribution in [2.75, 3.05) is 20.2 Å². The van der Waals surface area contributed by atoms with Crippen molar-refractivity contribution in [2.45, 2.75) is 32.4 Å². The standard InChI is InChI=1S/C17H25N3O3.ClH/c1-12(18)17(22)20-9-7-14(8-10-20)16(21)19-11-13-3-5-15(23-2)6-4-13;/h3-6,12,14H,7-11,18H2,1-2H3,(H,19,21);1H/t12-;/m0./s1. The first-order valence-corrected chi connectivity index (χ1v) is 7.96. The molecule has 24 heavy (non-hydrogen) atoms. The maximum absolute atomic E-state index is 12.2. The number of piperidine rings is 1. The Bertz CT molecular complexity index is 541. The number of carbonyl (C=O) groups is 2. The molecule has 0 aliphatic carbocycles. The van der Waals surface area contributed by atoms with Crippen LogP contribution in [0, 0.1) is 5.92 Å². The molecule has 1 aliphatic heterocycles. The van der Waals surface area contributed by atoms with Crippen molar-refractivity contribution in [1.29, 1.82) is 0 Å². The highest BCUT2D eigenvalue weighted by Gasteiger charge is 2.28. The maximum Gasteiger partial charge on any atom is 0.239 e. The van der Waals surface area contributed by atoms with Crippen LogP contribution in [0.4, 0.5) is 0 Å². The monoisotopic (exact) mass is 355 g/mol. The highest BCUT2D eigenvalue weighted by Crippen LogP contribution is 2.18. The minimum Gasteiger partial charge on any atom is -0.497 e. The minimum atomic E-state index is -0.476. The van der Waals surface area contributed by atoms with E-state index in [9.17, 15) is 9.59 Å². The van der Waals surface area contributed by atoms with Crippen LogP contribution in [0.2, 0.25) is 0 Å². The third-order valence-corrected chi connectivity index (χ3v) is 4.19. The normalized spacial score (nSPS) is 16.0. The lowest BCUT2D eigenvalue weighted by molar-refractivity contribution is -0.136. The van der Waals surface area contributed by atoms with Gasteiger partial charge in [0.1, 0.15) is 5.75 Å². The van der Waals surface area contributed by atoms with Crippen LogP contribution in [-0.4, -0.2) is 43.0 Å². The molecule has 1 saturated heterocycles. The van der Waals surface area contributed by atoms with Gasteiger partial charge in [-0.3, -0.25) is 9.59 Å². The van der Waals surface area contributed by atoms with Crippen LogP contribution in [0.25, 0.3) is 0 Å². The lowest BCUT2D eigenvalue weighted by Crippen LogP contribution is -2.47. The van der Waals surface area contributed by atoms with E-state index in [1.54, 1.807) is 18.9 Å². The van der Waals surface area contributed by atoms with E-state index in [0.717, 1.165) is 11.3 Å². The summed E-state index contributed by atoms with van der Waals surface area (Å²) in [6, 6.07) is 7.14. The predicted octanol–water partition coefficient (Wildman–Crippen LogP) is 1.32. The van der Waals surface area contributed by atoms with Gasteiger partial charge >= 0.3 is 0 Å². The Labute approximate surface area is 149 Å². The van der Waals surface area contributed by atoms with Gasteiger partial charge in [0.25, 0.3) is 0 Å². The van der Waals surface area contributed by atoms with Crippen LogP contribution in [0.15, 0.2) is 24.3 Å². The number of nitrogens with zero attached hydrogens (tertiary/aromatic N) is 1. The fourth-order valence-corrected chi connectivity index (χ4v) is 2.73. The Kier molecular flexibility index (Phi) is 8.01. The summed E-state index contributed by atoms with van der Waals surface area (Å²) in [6.45, 7) is 3.39. The molecule has 0 saturated carbocycles. The molecule has 0 radical (unpaired) electrons. The first kappa shape index (κ1) is 20.3. The van der Waals surface area contributed by atoms with Crippen molar-refractivity contribution in [2.24, 2.45) is 11.7 Å². The zero-order chi connectivity index (χ0) is 16.8. The molecule has 1 aromatic rings. The number of hydrogen-bond donors (Lipinski definition) is 2. The number of amides is 2. The number of benzene rings is 1. The highest BCUT2D eigenvalue weighted by atomic mass is 35.5. The molecule has 1 aliphatic rings. The fourth-order valence-electron chi connectivity index (χ4n) is 2.73. The molecule has 2 rings (SSSR count). The van der Waals surface area contributed by atoms with Gasteiger partial charge in [0.05, 0.1) is 13.2 Å². The van der Waals surface area contributed by atoms with Gasteiger partial charge in [-0.25, -0.2) is 0 Å². The van der Waals surface area contributed by atoms with Crippen molar-refractivity contribution >= 4 is 24.2 Å². The van der Waals surface area contributed by atoms with Gasteiger partial charge in [0.15, 0.2) is 0 Å². The lowest BCUT2D eigenvalue weighted by Gasteiger charge is -2.32. The van der Waals surface area contributed by atoms with Crippen LogP contribution >= 0.6 is 12.4 Å². The molecule has 3 N–H and O–H groups in total. The second-order valence-corrected chi connectivity index (χ2v) is 5.95. The van der Waals surface area contributed by atoms with Gasteiger partial charge < -0.3 is 20.7 Å². The van der Waals surface area contributed by atoms with Crippen LogP contribution in [0.1, 0.15) is 25.3 Å². The van der Waals surface area contributed by atoms with E-state index in [1.165, 1.54) is 0 Å². The molecule has 7 heteroatoms. The third-order valence-electron chi connectivity index (χ3n) is 4.19. The zero-order valence-electron chi connectivity index (χ0n) is 14.2. The average molecular weight is 356 g/mol. The van der Waals surface area contributed by atoms with E-state index in [-0.39, 0.29) is 30.1 Å². The number of halogens is 1. The van der Waals surface area contributed by atoms with Crippen LogP contribution in [0.3, 0.4) is 0 Å². The number of methoxy groups -OCH3 is 1. The SMILES string of the molecule is COc1ccc(CNC(=O)C2CCN(C(=O)[C@H](C)N)CC2)cc1.Cl. The molecule has 0 bridgehead atoms. The Morgan fingerprint density at radius 3 is 2.38 bits per heavy atom. The van der Waals surface area contributed by atoms with Gasteiger partial charge in [0, 0.05) is 25.6 Å². The quantitative estimate of drug-likeness (QED) is 0.834. The average Bonchev–Trinajstić information content (AvgIpc) is 2.59. The van der Waals surface area contributed by atoms with Crippen molar-refractivity contribution in [1.82, 2.24) is 10.2 Å². The van der Waals surface area contributed by atoms with Crippen LogP contribution < -0.4 is 15.8 Å². The summed E-state index contributed by atoms with van der Waals surface area (Å²) >= 11 is 0. The van der Waals surface area contributed by atoms with Crippen molar-refractivity contribution in [3.63, 3.8) is 0 Å².